The van der Waals surface area contributed by atoms with Gasteiger partial charge in [0, 0.05) is 0 Å². The van der Waals surface area contributed by atoms with Crippen LogP contribution < -0.4 is 68.9 Å². The van der Waals surface area contributed by atoms with Crippen molar-refractivity contribution in [2.24, 2.45) is 0 Å². The molecule has 0 aromatic rings. The summed E-state index contributed by atoms with van der Waals surface area (Å²) in [6, 6.07) is 0. The molecule has 0 aliphatic carbocycles. The van der Waals surface area contributed by atoms with Gasteiger partial charge in [0.25, 0.3) is 0 Å². The zero-order valence-corrected chi connectivity index (χ0v) is 16.6. The first-order valence-electron chi connectivity index (χ1n) is 0.378. The van der Waals surface area contributed by atoms with E-state index in [4.69, 9.17) is 0 Å². The third-order valence-corrected chi connectivity index (χ3v) is 0. The molecule has 0 atom stereocenters. The number of hydrogen-bond donors (Lipinski definition) is 0. The zero-order valence-electron chi connectivity index (χ0n) is 3.26. The van der Waals surface area contributed by atoms with E-state index in [-0.39, 0.29) is 95.7 Å². The van der Waals surface area contributed by atoms with Crippen LogP contribution in [-0.2, 0) is 0 Å². The first-order chi connectivity index (χ1) is 1.41. The van der Waals surface area contributed by atoms with Crippen LogP contribution >= 0.6 is 24.0 Å². The Bertz CT molecular complexity index is 9.61. The molecule has 0 aromatic heterocycles. The van der Waals surface area contributed by atoms with Crippen LogP contribution in [0.1, 0.15) is 0 Å². The van der Waals surface area contributed by atoms with Gasteiger partial charge >= 0.3 is 112 Å². The maximum atomic E-state index is 3.26. The molecule has 4 heteroatoms. The summed E-state index contributed by atoms with van der Waals surface area (Å²) in [5, 5.41) is 0. The molecule has 0 saturated carbocycles. The van der Waals surface area contributed by atoms with Gasteiger partial charge in [0.15, 0.2) is 0 Å². The average Bonchev–Trinajstić information content (AvgIpc) is 0.918. The van der Waals surface area contributed by atoms with Crippen molar-refractivity contribution in [3.8, 4) is 0 Å². The number of halogens is 2. The average molecular weight is 515 g/mol. The molecular weight excluding hydrogens is 512 g/mol. The topological polar surface area (TPSA) is 0 Å². The minimum Gasteiger partial charge on any atom is -0.358 e. The van der Waals surface area contributed by atoms with Crippen LogP contribution in [0.25, 0.3) is 0 Å². The van der Waals surface area contributed by atoms with Crippen LogP contribution in [0.5, 0.6) is 0 Å². The van der Waals surface area contributed by atoms with E-state index in [1.54, 1.807) is 0 Å². The molecule has 0 aromatic carbocycles. The summed E-state index contributed by atoms with van der Waals surface area (Å²) >= 11 is 6.22. The second kappa shape index (κ2) is 15.7. The predicted molar refractivity (Wildman–Crippen MR) is 30.0 cm³/mol. The molecule has 0 aliphatic heterocycles. The van der Waals surface area contributed by atoms with Crippen LogP contribution in [0.4, 0.5) is 0 Å². The van der Waals surface area contributed by atoms with Gasteiger partial charge < -0.3 is 7.43 Å². The van der Waals surface area contributed by atoms with E-state index in [1.807, 2.05) is 0 Å². The Morgan fingerprint density at radius 3 is 1.20 bits per heavy atom. The Kier molecular flexibility index (Phi) is 50.1. The minimum atomic E-state index is -0.292. The van der Waals surface area contributed by atoms with Crippen molar-refractivity contribution in [3.05, 3.63) is 7.43 Å². The molecular formula is CH3Br2CsPb. The van der Waals surface area contributed by atoms with Crippen molar-refractivity contribution in [2.75, 3.05) is 0 Å². The molecule has 0 aliphatic rings. The van der Waals surface area contributed by atoms with Crippen LogP contribution in [0.3, 0.4) is 0 Å². The van der Waals surface area contributed by atoms with Crippen LogP contribution in [-0.4, -0.2) is 19.4 Å². The Balaban J connectivity index is -0.0000000200. The molecule has 0 heterocycles. The zero-order chi connectivity index (χ0) is 2.71. The molecule has 0 amide bonds. The third-order valence-electron chi connectivity index (χ3n) is 0. The monoisotopic (exact) mass is 514 g/mol. The van der Waals surface area contributed by atoms with E-state index < -0.39 is 0 Å². The first-order valence-corrected chi connectivity index (χ1v) is 17.2. The molecule has 0 N–H and O–H groups in total. The SMILES string of the molecule is [Br][Pb][Br].[CH3-].[Cs+]. The van der Waals surface area contributed by atoms with E-state index in [0.717, 1.165) is 0 Å². The van der Waals surface area contributed by atoms with Crippen molar-refractivity contribution in [1.29, 1.82) is 0 Å². The molecule has 0 rings (SSSR count). The minimum absolute atomic E-state index is 0. The molecule has 2 radical (unpaired) electrons. The van der Waals surface area contributed by atoms with Crippen LogP contribution in [0.15, 0.2) is 0 Å². The van der Waals surface area contributed by atoms with E-state index in [0.29, 0.717) is 0 Å². The molecule has 0 nitrogen and oxygen atoms in total. The van der Waals surface area contributed by atoms with Gasteiger partial charge in [0.2, 0.25) is 0 Å². The summed E-state index contributed by atoms with van der Waals surface area (Å²) in [5.41, 5.74) is 0. The predicted octanol–water partition coefficient (Wildman–Crippen LogP) is -1.24. The number of hydrogen-bond acceptors (Lipinski definition) is 0. The fourth-order valence-corrected chi connectivity index (χ4v) is 0. The van der Waals surface area contributed by atoms with Gasteiger partial charge in [-0.05, 0) is 0 Å². The largest absolute Gasteiger partial charge is 1.00 e. The standard InChI is InChI=1S/CH3.2BrH.Cs.Pb/h1H3;2*1H;;/q-1;;;+1;+2/p-2. The molecule has 0 fully saturated rings. The molecule has 26 valence electrons. The van der Waals surface area contributed by atoms with Gasteiger partial charge in [0.05, 0.1) is 0 Å². The first kappa shape index (κ1) is 16.0. The molecule has 0 unspecified atom stereocenters. The summed E-state index contributed by atoms with van der Waals surface area (Å²) in [5.74, 6) is 0. The van der Waals surface area contributed by atoms with Crippen molar-refractivity contribution in [1.82, 2.24) is 0 Å². The Morgan fingerprint density at radius 2 is 1.20 bits per heavy atom. The smallest absolute Gasteiger partial charge is 0.358 e. The maximum absolute atomic E-state index is 3.26. The van der Waals surface area contributed by atoms with Crippen LogP contribution in [0.2, 0.25) is 0 Å². The van der Waals surface area contributed by atoms with E-state index in [1.165, 1.54) is 0 Å². The van der Waals surface area contributed by atoms with Crippen molar-refractivity contribution >= 4 is 43.4 Å². The molecule has 5 heavy (non-hydrogen) atoms. The van der Waals surface area contributed by atoms with Crippen molar-refractivity contribution < 1.29 is 68.9 Å². The summed E-state index contributed by atoms with van der Waals surface area (Å²) in [4.78, 5) is 0. The van der Waals surface area contributed by atoms with Crippen molar-refractivity contribution in [3.63, 3.8) is 0 Å². The Hall–Kier alpha value is 3.93. The van der Waals surface area contributed by atoms with Crippen molar-refractivity contribution in [2.45, 2.75) is 0 Å². The van der Waals surface area contributed by atoms with Gasteiger partial charge in [-0.15, -0.1) is 0 Å². The van der Waals surface area contributed by atoms with E-state index in [2.05, 4.69) is 24.0 Å². The maximum Gasteiger partial charge on any atom is 1.00 e. The summed E-state index contributed by atoms with van der Waals surface area (Å²) in [7, 11) is 0. The Morgan fingerprint density at radius 1 is 1.20 bits per heavy atom. The second-order valence-corrected chi connectivity index (χ2v) is 16.9. The van der Waals surface area contributed by atoms with E-state index in [9.17, 15) is 0 Å². The summed E-state index contributed by atoms with van der Waals surface area (Å²) in [6.45, 7) is 0. The van der Waals surface area contributed by atoms with Gasteiger partial charge in [-0.2, -0.15) is 0 Å². The molecule has 0 saturated heterocycles. The van der Waals surface area contributed by atoms with E-state index >= 15 is 0 Å². The normalized spacial score (nSPS) is 3.60. The molecule has 0 spiro atoms. The van der Waals surface area contributed by atoms with Crippen LogP contribution in [0, 0.1) is 7.43 Å². The number of rotatable bonds is 0. The van der Waals surface area contributed by atoms with Gasteiger partial charge in [-0.25, -0.2) is 0 Å². The third kappa shape index (κ3) is 18.1. The second-order valence-electron chi connectivity index (χ2n) is 0.0714. The Labute approximate surface area is 115 Å². The fourth-order valence-electron chi connectivity index (χ4n) is 0. The van der Waals surface area contributed by atoms with Gasteiger partial charge in [0.1, 0.15) is 0 Å². The van der Waals surface area contributed by atoms with Gasteiger partial charge in [-0.3, -0.25) is 0 Å². The summed E-state index contributed by atoms with van der Waals surface area (Å²) in [6.07, 6.45) is 0. The quantitative estimate of drug-likeness (QED) is 0.280. The van der Waals surface area contributed by atoms with Gasteiger partial charge in [-0.1, -0.05) is 0 Å². The molecule has 0 bridgehead atoms. The summed E-state index contributed by atoms with van der Waals surface area (Å²) < 4.78 is 0. The fraction of sp³-hybridized carbons (Fsp3) is 0.